The van der Waals surface area contributed by atoms with Crippen LogP contribution in [0.25, 0.3) is 0 Å². The molecule has 0 amide bonds. The van der Waals surface area contributed by atoms with E-state index in [0.29, 0.717) is 6.54 Å². The number of nitro groups is 1. The van der Waals surface area contributed by atoms with Gasteiger partial charge in [-0.1, -0.05) is 41.9 Å². The Kier molecular flexibility index (Phi) is 5.89. The minimum Gasteiger partial charge on any atom is -0.502 e. The van der Waals surface area contributed by atoms with Crippen molar-refractivity contribution in [3.63, 3.8) is 0 Å². The summed E-state index contributed by atoms with van der Waals surface area (Å²) in [5.74, 6) is -0.436. The number of hydrogen-bond donors (Lipinski definition) is 1. The van der Waals surface area contributed by atoms with Gasteiger partial charge < -0.3 is 10.0 Å². The number of likely N-dealkylation sites (N-methyl/N-ethyl adjacent to an activating group) is 1. The van der Waals surface area contributed by atoms with Crippen LogP contribution < -0.4 is 0 Å². The van der Waals surface area contributed by atoms with Crippen molar-refractivity contribution in [1.82, 2.24) is 4.90 Å². The van der Waals surface area contributed by atoms with Crippen molar-refractivity contribution >= 4 is 23.5 Å². The highest BCUT2D eigenvalue weighted by Gasteiger charge is 2.18. The van der Waals surface area contributed by atoms with E-state index in [2.05, 4.69) is 4.99 Å². The first-order valence-electron chi connectivity index (χ1n) is 7.28. The zero-order chi connectivity index (χ0) is 17.7. The Balaban J connectivity index is 2.23. The van der Waals surface area contributed by atoms with E-state index in [1.807, 2.05) is 49.3 Å². The van der Waals surface area contributed by atoms with Crippen LogP contribution in [0.1, 0.15) is 17.2 Å². The molecule has 1 N–H and O–H groups in total. The van der Waals surface area contributed by atoms with Crippen molar-refractivity contribution in [2.75, 3.05) is 20.6 Å². The maximum atomic E-state index is 10.9. The molecule has 7 heteroatoms. The van der Waals surface area contributed by atoms with E-state index in [-0.39, 0.29) is 16.6 Å². The van der Waals surface area contributed by atoms with Crippen LogP contribution in [-0.4, -0.2) is 41.8 Å². The van der Waals surface area contributed by atoms with Gasteiger partial charge in [0.1, 0.15) is 0 Å². The highest BCUT2D eigenvalue weighted by molar-refractivity contribution is 6.31. The molecule has 126 valence electrons. The number of phenolic OH excluding ortho intramolecular Hbond substituents is 1. The Morgan fingerprint density at radius 2 is 2.00 bits per heavy atom. The van der Waals surface area contributed by atoms with Gasteiger partial charge in [0.25, 0.3) is 0 Å². The first kappa shape index (κ1) is 17.9. The summed E-state index contributed by atoms with van der Waals surface area (Å²) in [6, 6.07) is 12.5. The first-order valence-corrected chi connectivity index (χ1v) is 7.66. The second kappa shape index (κ2) is 7.90. The van der Waals surface area contributed by atoms with Gasteiger partial charge in [0.15, 0.2) is 0 Å². The van der Waals surface area contributed by atoms with Gasteiger partial charge >= 0.3 is 5.69 Å². The number of nitro benzene ring substituents is 1. The molecule has 0 aliphatic heterocycles. The molecule has 1 atom stereocenters. The van der Waals surface area contributed by atoms with Crippen molar-refractivity contribution in [2.24, 2.45) is 4.99 Å². The van der Waals surface area contributed by atoms with E-state index in [4.69, 9.17) is 11.6 Å². The van der Waals surface area contributed by atoms with Gasteiger partial charge in [-0.2, -0.15) is 0 Å². The fourth-order valence-electron chi connectivity index (χ4n) is 2.34. The largest absolute Gasteiger partial charge is 0.502 e. The van der Waals surface area contributed by atoms with Crippen molar-refractivity contribution in [2.45, 2.75) is 6.04 Å². The Morgan fingerprint density at radius 1 is 1.33 bits per heavy atom. The minimum atomic E-state index is -0.675. The summed E-state index contributed by atoms with van der Waals surface area (Å²) in [7, 11) is 3.91. The Hall–Kier alpha value is -2.44. The van der Waals surface area contributed by atoms with Crippen LogP contribution in [0.5, 0.6) is 5.75 Å². The molecule has 0 aromatic heterocycles. The molecule has 2 aromatic rings. The van der Waals surface area contributed by atoms with E-state index in [0.717, 1.165) is 11.6 Å². The third-order valence-electron chi connectivity index (χ3n) is 3.60. The summed E-state index contributed by atoms with van der Waals surface area (Å²) in [5.41, 5.74) is 0.900. The first-order chi connectivity index (χ1) is 11.4. The number of hydrogen-bond acceptors (Lipinski definition) is 5. The molecule has 6 nitrogen and oxygen atoms in total. The average molecular weight is 348 g/mol. The number of halogens is 1. The topological polar surface area (TPSA) is 79.0 Å². The molecule has 2 aromatic carbocycles. The molecule has 0 spiro atoms. The maximum absolute atomic E-state index is 10.9. The number of rotatable bonds is 6. The van der Waals surface area contributed by atoms with Crippen LogP contribution in [-0.2, 0) is 0 Å². The van der Waals surface area contributed by atoms with E-state index in [1.165, 1.54) is 12.3 Å². The number of aromatic hydroxyl groups is 1. The predicted octanol–water partition coefficient (Wildman–Crippen LogP) is 3.68. The Labute approximate surface area is 145 Å². The summed E-state index contributed by atoms with van der Waals surface area (Å²) in [6.45, 7) is 0.441. The quantitative estimate of drug-likeness (QED) is 0.491. The smallest absolute Gasteiger partial charge is 0.312 e. The molecule has 0 saturated heterocycles. The fraction of sp³-hybridized carbons (Fsp3) is 0.235. The summed E-state index contributed by atoms with van der Waals surface area (Å²) < 4.78 is 0. The van der Waals surface area contributed by atoms with Gasteiger partial charge in [0.2, 0.25) is 5.75 Å². The van der Waals surface area contributed by atoms with E-state index < -0.39 is 16.4 Å². The Bertz CT molecular complexity index is 748. The molecule has 24 heavy (non-hydrogen) atoms. The zero-order valence-corrected chi connectivity index (χ0v) is 14.1. The van der Waals surface area contributed by atoms with Crippen LogP contribution in [0.2, 0.25) is 5.02 Å². The van der Waals surface area contributed by atoms with Crippen molar-refractivity contribution < 1.29 is 10.0 Å². The molecule has 0 aliphatic rings. The maximum Gasteiger partial charge on any atom is 0.312 e. The monoisotopic (exact) mass is 347 g/mol. The lowest BCUT2D eigenvalue weighted by atomic mass is 10.1. The molecular weight excluding hydrogens is 330 g/mol. The molecule has 0 heterocycles. The van der Waals surface area contributed by atoms with Crippen LogP contribution in [0, 0.1) is 10.1 Å². The zero-order valence-electron chi connectivity index (χ0n) is 13.4. The van der Waals surface area contributed by atoms with Gasteiger partial charge in [-0.3, -0.25) is 15.1 Å². The number of benzene rings is 2. The molecule has 0 unspecified atom stereocenters. The molecule has 0 fully saturated rings. The molecule has 2 rings (SSSR count). The van der Waals surface area contributed by atoms with E-state index >= 15 is 0 Å². The van der Waals surface area contributed by atoms with Gasteiger partial charge in [0.05, 0.1) is 17.5 Å². The highest BCUT2D eigenvalue weighted by Crippen LogP contribution is 2.32. The third kappa shape index (κ3) is 4.31. The van der Waals surface area contributed by atoms with Gasteiger partial charge in [-0.05, 0) is 25.7 Å². The summed E-state index contributed by atoms with van der Waals surface area (Å²) >= 11 is 5.87. The lowest BCUT2D eigenvalue weighted by Crippen LogP contribution is -2.22. The SMILES string of the molecule is CN(C)[C@@H](CN=Cc1cc(Cl)cc([N+](=O)[O-])c1O)c1ccccc1. The van der Waals surface area contributed by atoms with Gasteiger partial charge in [-0.25, -0.2) is 0 Å². The van der Waals surface area contributed by atoms with Crippen LogP contribution in [0.15, 0.2) is 47.5 Å². The molecular formula is C17H18ClN3O3. The number of nitrogens with zero attached hydrogens (tertiary/aromatic N) is 3. The van der Waals surface area contributed by atoms with Gasteiger partial charge in [0, 0.05) is 22.9 Å². The van der Waals surface area contributed by atoms with Crippen molar-refractivity contribution in [3.05, 3.63) is 68.7 Å². The average Bonchev–Trinajstić information content (AvgIpc) is 2.54. The van der Waals surface area contributed by atoms with Crippen molar-refractivity contribution in [1.29, 1.82) is 0 Å². The van der Waals surface area contributed by atoms with Crippen LogP contribution in [0.4, 0.5) is 5.69 Å². The Morgan fingerprint density at radius 3 is 2.58 bits per heavy atom. The second-order valence-corrected chi connectivity index (χ2v) is 5.94. The highest BCUT2D eigenvalue weighted by atomic mass is 35.5. The number of aliphatic imine (C=N–C) groups is 1. The lowest BCUT2D eigenvalue weighted by molar-refractivity contribution is -0.385. The number of phenols is 1. The molecule has 0 aliphatic carbocycles. The third-order valence-corrected chi connectivity index (χ3v) is 3.82. The molecule has 0 radical (unpaired) electrons. The molecule has 0 saturated carbocycles. The summed E-state index contributed by atoms with van der Waals surface area (Å²) in [6.07, 6.45) is 1.41. The van der Waals surface area contributed by atoms with Crippen LogP contribution in [0.3, 0.4) is 0 Å². The summed E-state index contributed by atoms with van der Waals surface area (Å²) in [4.78, 5) is 16.6. The predicted molar refractivity (Wildman–Crippen MR) is 95.1 cm³/mol. The van der Waals surface area contributed by atoms with E-state index in [1.54, 1.807) is 0 Å². The fourth-order valence-corrected chi connectivity index (χ4v) is 2.56. The lowest BCUT2D eigenvalue weighted by Gasteiger charge is -2.22. The van der Waals surface area contributed by atoms with E-state index in [9.17, 15) is 15.2 Å². The second-order valence-electron chi connectivity index (χ2n) is 5.50. The standard InChI is InChI=1S/C17H18ClN3O3/c1-20(2)16(12-6-4-3-5-7-12)11-19-10-13-8-14(18)9-15(17(13)22)21(23)24/h3-10,16,22H,11H2,1-2H3/t16-/m0/s1. The van der Waals surface area contributed by atoms with Crippen molar-refractivity contribution in [3.8, 4) is 5.75 Å². The normalized spacial score (nSPS) is 12.7. The molecule has 0 bridgehead atoms. The minimum absolute atomic E-state index is 0.0544. The summed E-state index contributed by atoms with van der Waals surface area (Å²) in [5, 5.41) is 21.1. The van der Waals surface area contributed by atoms with Gasteiger partial charge in [-0.15, -0.1) is 0 Å². The van der Waals surface area contributed by atoms with Crippen LogP contribution >= 0.6 is 11.6 Å².